The fourth-order valence-electron chi connectivity index (χ4n) is 0.923. The Hall–Kier alpha value is -1.96. The Morgan fingerprint density at radius 3 is 2.40 bits per heavy atom. The second kappa shape index (κ2) is 4.51. The molecule has 0 fully saturated rings. The van der Waals surface area contributed by atoms with Gasteiger partial charge in [0.05, 0.1) is 12.8 Å². The zero-order chi connectivity index (χ0) is 11.4. The maximum absolute atomic E-state index is 10.4. The molecule has 0 saturated carbocycles. The summed E-state index contributed by atoms with van der Waals surface area (Å²) in [6.07, 6.45) is -2.57. The van der Waals surface area contributed by atoms with Gasteiger partial charge in [-0.1, -0.05) is 0 Å². The van der Waals surface area contributed by atoms with Gasteiger partial charge < -0.3 is 14.9 Å². The first-order valence-electron chi connectivity index (χ1n) is 3.70. The third kappa shape index (κ3) is 2.74. The predicted octanol–water partition coefficient (Wildman–Crippen LogP) is 1.94. The van der Waals surface area contributed by atoms with Gasteiger partial charge in [0.1, 0.15) is 5.69 Å². The van der Waals surface area contributed by atoms with E-state index >= 15 is 0 Å². The lowest BCUT2D eigenvalue weighted by molar-refractivity contribution is 0.208. The molecule has 0 saturated heterocycles. The molecule has 1 rings (SSSR count). The van der Waals surface area contributed by atoms with Crippen LogP contribution in [0.5, 0.6) is 5.06 Å². The molecule has 7 nitrogen and oxygen atoms in total. The maximum Gasteiger partial charge on any atom is 0.409 e. The Bertz CT molecular complexity index is 389. The lowest BCUT2D eigenvalue weighted by Gasteiger charge is -2.05. The van der Waals surface area contributed by atoms with E-state index in [1.165, 1.54) is 12.5 Å². The van der Waals surface area contributed by atoms with Crippen molar-refractivity contribution in [1.82, 2.24) is 0 Å². The van der Waals surface area contributed by atoms with Crippen LogP contribution in [0.4, 0.5) is 21.0 Å². The number of rotatable bonds is 3. The number of thiophene rings is 1. The van der Waals surface area contributed by atoms with E-state index in [-0.39, 0.29) is 11.4 Å². The van der Waals surface area contributed by atoms with Crippen LogP contribution in [0.25, 0.3) is 0 Å². The summed E-state index contributed by atoms with van der Waals surface area (Å²) in [5.41, 5.74) is 0.240. The van der Waals surface area contributed by atoms with Crippen molar-refractivity contribution in [3.63, 3.8) is 0 Å². The first-order valence-corrected chi connectivity index (χ1v) is 4.58. The van der Waals surface area contributed by atoms with Gasteiger partial charge in [-0.25, -0.2) is 9.59 Å². The van der Waals surface area contributed by atoms with Crippen molar-refractivity contribution in [3.05, 3.63) is 5.38 Å². The molecule has 0 aliphatic carbocycles. The van der Waals surface area contributed by atoms with Crippen molar-refractivity contribution in [3.8, 4) is 5.06 Å². The van der Waals surface area contributed by atoms with Gasteiger partial charge in [-0.15, -0.1) is 11.3 Å². The first kappa shape index (κ1) is 11.1. The van der Waals surface area contributed by atoms with Gasteiger partial charge in [0, 0.05) is 5.38 Å². The SMILES string of the molecule is COc1scc(NC(=O)O)c1NC(=O)O. The van der Waals surface area contributed by atoms with Gasteiger partial charge in [-0.3, -0.25) is 10.6 Å². The lowest BCUT2D eigenvalue weighted by atomic mass is 10.4. The Labute approximate surface area is 88.3 Å². The summed E-state index contributed by atoms with van der Waals surface area (Å²) >= 11 is 1.09. The molecule has 0 unspecified atom stereocenters. The van der Waals surface area contributed by atoms with E-state index in [0.717, 1.165) is 11.3 Å². The Morgan fingerprint density at radius 2 is 1.93 bits per heavy atom. The summed E-state index contributed by atoms with van der Waals surface area (Å²) in [7, 11) is 1.36. The van der Waals surface area contributed by atoms with Gasteiger partial charge in [-0.2, -0.15) is 0 Å². The highest BCUT2D eigenvalue weighted by molar-refractivity contribution is 7.13. The van der Waals surface area contributed by atoms with Crippen LogP contribution in [0.2, 0.25) is 0 Å². The van der Waals surface area contributed by atoms with Crippen molar-refractivity contribution in [2.45, 2.75) is 0 Å². The number of hydrogen-bond donors (Lipinski definition) is 4. The van der Waals surface area contributed by atoms with E-state index in [1.807, 2.05) is 0 Å². The summed E-state index contributed by atoms with van der Waals surface area (Å²) in [6, 6.07) is 0. The molecule has 1 aromatic rings. The average molecular weight is 232 g/mol. The number of carbonyl (C=O) groups is 2. The van der Waals surface area contributed by atoms with Crippen LogP contribution in [-0.2, 0) is 0 Å². The molecule has 1 heterocycles. The minimum Gasteiger partial charge on any atom is -0.486 e. The van der Waals surface area contributed by atoms with Crippen LogP contribution < -0.4 is 15.4 Å². The summed E-state index contributed by atoms with van der Waals surface area (Å²) in [5, 5.41) is 22.9. The fourth-order valence-corrected chi connectivity index (χ4v) is 1.70. The predicted molar refractivity (Wildman–Crippen MR) is 54.2 cm³/mol. The van der Waals surface area contributed by atoms with Crippen molar-refractivity contribution < 1.29 is 24.5 Å². The third-order valence-electron chi connectivity index (χ3n) is 1.42. The summed E-state index contributed by atoms with van der Waals surface area (Å²) < 4.78 is 4.87. The van der Waals surface area contributed by atoms with Crippen molar-refractivity contribution in [2.24, 2.45) is 0 Å². The number of amides is 2. The van der Waals surface area contributed by atoms with E-state index in [1.54, 1.807) is 0 Å². The normalized spacial score (nSPS) is 9.40. The topological polar surface area (TPSA) is 108 Å². The monoisotopic (exact) mass is 232 g/mol. The number of ether oxygens (including phenoxy) is 1. The highest BCUT2D eigenvalue weighted by atomic mass is 32.1. The minimum atomic E-state index is -1.29. The van der Waals surface area contributed by atoms with Crippen LogP contribution >= 0.6 is 11.3 Å². The van der Waals surface area contributed by atoms with Crippen LogP contribution in [0.1, 0.15) is 0 Å². The maximum atomic E-state index is 10.4. The van der Waals surface area contributed by atoms with E-state index in [9.17, 15) is 9.59 Å². The molecule has 2 amide bonds. The molecule has 0 bridgehead atoms. The molecule has 15 heavy (non-hydrogen) atoms. The number of nitrogens with one attached hydrogen (secondary N) is 2. The molecule has 0 spiro atoms. The van der Waals surface area contributed by atoms with E-state index in [2.05, 4.69) is 10.6 Å². The standard InChI is InChI=1S/C7H8N2O5S/c1-14-5-4(9-7(12)13)3(2-15-5)8-6(10)11/h2,8-9H,1H3,(H,10,11)(H,12,13). The molecule has 8 heteroatoms. The number of hydrogen-bond acceptors (Lipinski definition) is 4. The van der Waals surface area contributed by atoms with Gasteiger partial charge in [0.25, 0.3) is 0 Å². The third-order valence-corrected chi connectivity index (χ3v) is 2.35. The van der Waals surface area contributed by atoms with Crippen LogP contribution in [0.15, 0.2) is 5.38 Å². The van der Waals surface area contributed by atoms with Gasteiger partial charge in [0.2, 0.25) is 0 Å². The molecule has 4 N–H and O–H groups in total. The molecular weight excluding hydrogens is 224 g/mol. The first-order chi connectivity index (χ1) is 7.04. The Morgan fingerprint density at radius 1 is 1.33 bits per heavy atom. The quantitative estimate of drug-likeness (QED) is 0.636. The van der Waals surface area contributed by atoms with Crippen LogP contribution in [-0.4, -0.2) is 29.5 Å². The molecule has 0 radical (unpaired) electrons. The van der Waals surface area contributed by atoms with Crippen molar-refractivity contribution >= 4 is 34.9 Å². The zero-order valence-electron chi connectivity index (χ0n) is 7.60. The summed E-state index contributed by atoms with van der Waals surface area (Å²) in [6.45, 7) is 0. The highest BCUT2D eigenvalue weighted by Gasteiger charge is 2.15. The molecule has 0 aliphatic heterocycles. The van der Waals surface area contributed by atoms with Gasteiger partial charge >= 0.3 is 12.2 Å². The molecule has 0 atom stereocenters. The van der Waals surface area contributed by atoms with Gasteiger partial charge in [-0.05, 0) is 0 Å². The smallest absolute Gasteiger partial charge is 0.409 e. The Kier molecular flexibility index (Phi) is 3.34. The highest BCUT2D eigenvalue weighted by Crippen LogP contribution is 2.39. The van der Waals surface area contributed by atoms with E-state index in [4.69, 9.17) is 14.9 Å². The molecule has 0 aliphatic rings. The van der Waals surface area contributed by atoms with Crippen molar-refractivity contribution in [1.29, 1.82) is 0 Å². The zero-order valence-corrected chi connectivity index (χ0v) is 8.42. The largest absolute Gasteiger partial charge is 0.486 e. The molecule has 0 aromatic carbocycles. The number of methoxy groups -OCH3 is 1. The molecule has 82 valence electrons. The summed E-state index contributed by atoms with van der Waals surface area (Å²) in [5.74, 6) is 0. The number of carboxylic acid groups (broad SMARTS) is 2. The number of anilines is 2. The molecular formula is C7H8N2O5S. The minimum absolute atomic E-state index is 0.0948. The van der Waals surface area contributed by atoms with Crippen LogP contribution in [0, 0.1) is 0 Å². The lowest BCUT2D eigenvalue weighted by Crippen LogP contribution is -2.12. The summed E-state index contributed by atoms with van der Waals surface area (Å²) in [4.78, 5) is 20.8. The molecule has 1 aromatic heterocycles. The van der Waals surface area contributed by atoms with Crippen LogP contribution in [0.3, 0.4) is 0 Å². The second-order valence-electron chi connectivity index (χ2n) is 2.38. The van der Waals surface area contributed by atoms with E-state index < -0.39 is 12.2 Å². The van der Waals surface area contributed by atoms with Gasteiger partial charge in [0.15, 0.2) is 5.06 Å². The van der Waals surface area contributed by atoms with E-state index in [0.29, 0.717) is 5.06 Å². The fraction of sp³-hybridized carbons (Fsp3) is 0.143. The Balaban J connectivity index is 2.99. The second-order valence-corrected chi connectivity index (χ2v) is 3.22. The van der Waals surface area contributed by atoms with Crippen molar-refractivity contribution in [2.75, 3.05) is 17.7 Å². The average Bonchev–Trinajstić information content (AvgIpc) is 2.47.